The van der Waals surface area contributed by atoms with Crippen molar-refractivity contribution in [3.05, 3.63) is 24.5 Å². The number of nitrogens with one attached hydrogen (secondary N) is 1. The summed E-state index contributed by atoms with van der Waals surface area (Å²) in [7, 11) is -3.54. The number of rotatable bonds is 3. The molecule has 2 aromatic heterocycles. The van der Waals surface area contributed by atoms with Crippen LogP contribution in [-0.2, 0) is 10.0 Å². The molecule has 25 heavy (non-hydrogen) atoms. The van der Waals surface area contributed by atoms with Crippen molar-refractivity contribution in [2.45, 2.75) is 24.9 Å². The summed E-state index contributed by atoms with van der Waals surface area (Å²) in [6.07, 6.45) is 3.72. The molecule has 3 heterocycles. The number of H-pyrrole nitrogens is 1. The van der Waals surface area contributed by atoms with Gasteiger partial charge in [0, 0.05) is 49.6 Å². The molecular weight excluding hydrogens is 357 g/mol. The summed E-state index contributed by atoms with van der Waals surface area (Å²) >= 11 is 0. The zero-order valence-corrected chi connectivity index (χ0v) is 14.6. The van der Waals surface area contributed by atoms with Crippen LogP contribution >= 0.6 is 0 Å². The molecule has 0 aromatic carbocycles. The van der Waals surface area contributed by atoms with Gasteiger partial charge >= 0.3 is 15.5 Å². The third kappa shape index (κ3) is 3.08. The number of sulfonamides is 1. The molecule has 138 valence electrons. The Balaban J connectivity index is 1.91. The number of anilines is 1. The number of aromatic amines is 1. The van der Waals surface area contributed by atoms with E-state index in [4.69, 9.17) is 0 Å². The highest BCUT2D eigenvalue weighted by Crippen LogP contribution is 2.34. The van der Waals surface area contributed by atoms with E-state index in [1.807, 2.05) is 17.9 Å². The van der Waals surface area contributed by atoms with E-state index in [2.05, 4.69) is 9.97 Å². The number of hydrogen-bond acceptors (Lipinski definition) is 4. The zero-order chi connectivity index (χ0) is 18.4. The normalized spacial score (nSPS) is 23.1. The van der Waals surface area contributed by atoms with Gasteiger partial charge in [-0.1, -0.05) is 6.92 Å². The molecule has 1 aliphatic heterocycles. The maximum atomic E-state index is 12.9. The van der Waals surface area contributed by atoms with E-state index in [-0.39, 0.29) is 25.0 Å². The second-order valence-corrected chi connectivity index (χ2v) is 8.25. The largest absolute Gasteiger partial charge is 0.511 e. The molecule has 0 radical (unpaired) electrons. The van der Waals surface area contributed by atoms with Gasteiger partial charge in [-0.3, -0.25) is 0 Å². The Kier molecular flexibility index (Phi) is 4.44. The Bertz CT molecular complexity index is 865. The number of fused-ring (bicyclic) bond motifs is 1. The first-order valence-corrected chi connectivity index (χ1v) is 9.28. The molecule has 10 heteroatoms. The molecule has 3 rings (SSSR count). The highest BCUT2D eigenvalue weighted by Gasteiger charge is 2.51. The minimum Gasteiger partial charge on any atom is -0.369 e. The predicted octanol–water partition coefficient (Wildman–Crippen LogP) is 2.56. The van der Waals surface area contributed by atoms with Crippen molar-refractivity contribution in [2.24, 2.45) is 5.92 Å². The summed E-state index contributed by atoms with van der Waals surface area (Å²) in [5.41, 5.74) is -3.80. The standard InChI is InChI=1S/C15H19F3N4O2S/c1-10-5-8-22(25(23,24)15(16,17)18)9-13(10)21(2)12-4-7-20-14-11(12)3-6-19-14/h3-4,6-7,10,13H,5,8-9H2,1-2H3,(H,19,20)/t10-,13?/m1/s1. The van der Waals surface area contributed by atoms with Gasteiger partial charge in [-0.05, 0) is 24.5 Å². The van der Waals surface area contributed by atoms with Crippen molar-refractivity contribution in [1.82, 2.24) is 14.3 Å². The molecule has 2 aromatic rings. The lowest BCUT2D eigenvalue weighted by atomic mass is 9.93. The highest BCUT2D eigenvalue weighted by atomic mass is 32.2. The fourth-order valence-electron chi connectivity index (χ4n) is 3.32. The van der Waals surface area contributed by atoms with Gasteiger partial charge in [0.15, 0.2) is 0 Å². The summed E-state index contributed by atoms with van der Waals surface area (Å²) in [5, 5.41) is 0.841. The number of pyridine rings is 1. The van der Waals surface area contributed by atoms with E-state index in [0.29, 0.717) is 16.4 Å². The lowest BCUT2D eigenvalue weighted by Crippen LogP contribution is -2.54. The second-order valence-electron chi connectivity index (χ2n) is 6.32. The van der Waals surface area contributed by atoms with E-state index < -0.39 is 15.5 Å². The lowest BCUT2D eigenvalue weighted by molar-refractivity contribution is -0.0498. The Labute approximate surface area is 143 Å². The van der Waals surface area contributed by atoms with Gasteiger partial charge in [-0.25, -0.2) is 13.4 Å². The molecule has 2 atom stereocenters. The molecule has 6 nitrogen and oxygen atoms in total. The average molecular weight is 376 g/mol. The topological polar surface area (TPSA) is 69.3 Å². The third-order valence-corrected chi connectivity index (χ3v) is 6.42. The van der Waals surface area contributed by atoms with Crippen molar-refractivity contribution >= 4 is 26.7 Å². The van der Waals surface area contributed by atoms with Crippen LogP contribution in [0.5, 0.6) is 0 Å². The van der Waals surface area contributed by atoms with Crippen LogP contribution < -0.4 is 4.90 Å². The Morgan fingerprint density at radius 3 is 2.76 bits per heavy atom. The van der Waals surface area contributed by atoms with Crippen molar-refractivity contribution in [3.63, 3.8) is 0 Å². The Morgan fingerprint density at radius 2 is 2.08 bits per heavy atom. The SMILES string of the molecule is C[C@@H]1CCN(S(=O)(=O)C(F)(F)F)CC1N(C)c1ccnc2[nH]ccc12. The number of halogens is 3. The third-order valence-electron chi connectivity index (χ3n) is 4.83. The average Bonchev–Trinajstić information content (AvgIpc) is 3.02. The second kappa shape index (κ2) is 6.17. The van der Waals surface area contributed by atoms with Crippen LogP contribution in [0.25, 0.3) is 11.0 Å². The minimum absolute atomic E-state index is 0.0480. The minimum atomic E-state index is -5.32. The Morgan fingerprint density at radius 1 is 1.36 bits per heavy atom. The molecule has 1 unspecified atom stereocenters. The summed E-state index contributed by atoms with van der Waals surface area (Å²) < 4.78 is 62.7. The fourth-order valence-corrected chi connectivity index (χ4v) is 4.31. The predicted molar refractivity (Wildman–Crippen MR) is 88.6 cm³/mol. The molecule has 1 aliphatic rings. The van der Waals surface area contributed by atoms with Gasteiger partial charge in [0.05, 0.1) is 0 Å². The maximum absolute atomic E-state index is 12.9. The van der Waals surface area contributed by atoms with E-state index in [9.17, 15) is 21.6 Å². The zero-order valence-electron chi connectivity index (χ0n) is 13.8. The summed E-state index contributed by atoms with van der Waals surface area (Å²) in [4.78, 5) is 9.03. The smallest absolute Gasteiger partial charge is 0.369 e. The van der Waals surface area contributed by atoms with Crippen LogP contribution in [-0.4, -0.2) is 54.4 Å². The highest BCUT2D eigenvalue weighted by molar-refractivity contribution is 7.90. The summed E-state index contributed by atoms with van der Waals surface area (Å²) in [5.74, 6) is 0.0480. The molecule has 0 amide bonds. The van der Waals surface area contributed by atoms with E-state index in [1.165, 1.54) is 0 Å². The van der Waals surface area contributed by atoms with Gasteiger partial charge in [0.1, 0.15) is 5.65 Å². The van der Waals surface area contributed by atoms with Crippen molar-refractivity contribution in [1.29, 1.82) is 0 Å². The summed E-state index contributed by atoms with van der Waals surface area (Å²) in [6.45, 7) is 1.60. The molecule has 0 aliphatic carbocycles. The van der Waals surface area contributed by atoms with Crippen LogP contribution in [0, 0.1) is 5.92 Å². The number of alkyl halides is 3. The maximum Gasteiger partial charge on any atom is 0.511 e. The molecular formula is C15H19F3N4O2S. The first kappa shape index (κ1) is 18.0. The first-order chi connectivity index (χ1) is 11.6. The lowest BCUT2D eigenvalue weighted by Gasteiger charge is -2.42. The fraction of sp³-hybridized carbons (Fsp3) is 0.533. The van der Waals surface area contributed by atoms with Crippen molar-refractivity contribution < 1.29 is 21.6 Å². The molecule has 1 fully saturated rings. The molecule has 0 bridgehead atoms. The van der Waals surface area contributed by atoms with Gasteiger partial charge in [0.2, 0.25) is 0 Å². The van der Waals surface area contributed by atoms with Crippen LogP contribution in [0.1, 0.15) is 13.3 Å². The van der Waals surface area contributed by atoms with Crippen molar-refractivity contribution in [2.75, 3.05) is 25.0 Å². The molecule has 1 N–H and O–H groups in total. The molecule has 1 saturated heterocycles. The monoisotopic (exact) mass is 376 g/mol. The van der Waals surface area contributed by atoms with Crippen LogP contribution in [0.15, 0.2) is 24.5 Å². The van der Waals surface area contributed by atoms with E-state index >= 15 is 0 Å². The molecule has 0 spiro atoms. The van der Waals surface area contributed by atoms with E-state index in [1.54, 1.807) is 25.5 Å². The quantitative estimate of drug-likeness (QED) is 0.894. The van der Waals surface area contributed by atoms with Gasteiger partial charge in [-0.2, -0.15) is 17.5 Å². The van der Waals surface area contributed by atoms with Gasteiger partial charge < -0.3 is 9.88 Å². The van der Waals surface area contributed by atoms with Crippen LogP contribution in [0.2, 0.25) is 0 Å². The van der Waals surface area contributed by atoms with E-state index in [0.717, 1.165) is 11.1 Å². The number of likely N-dealkylation sites (N-methyl/N-ethyl adjacent to an activating group) is 1. The summed E-state index contributed by atoms with van der Waals surface area (Å²) in [6, 6.07) is 3.25. The van der Waals surface area contributed by atoms with Crippen LogP contribution in [0.4, 0.5) is 18.9 Å². The van der Waals surface area contributed by atoms with Gasteiger partial charge in [-0.15, -0.1) is 0 Å². The Hall–Kier alpha value is -1.81. The number of hydrogen-bond donors (Lipinski definition) is 1. The van der Waals surface area contributed by atoms with Gasteiger partial charge in [0.25, 0.3) is 0 Å². The number of aromatic nitrogens is 2. The van der Waals surface area contributed by atoms with Crippen LogP contribution in [0.3, 0.4) is 0 Å². The number of nitrogens with zero attached hydrogens (tertiary/aromatic N) is 3. The first-order valence-electron chi connectivity index (χ1n) is 7.84. The molecule has 0 saturated carbocycles. The number of piperidine rings is 1. The van der Waals surface area contributed by atoms with Crippen molar-refractivity contribution in [3.8, 4) is 0 Å².